The summed E-state index contributed by atoms with van der Waals surface area (Å²) >= 11 is 0. The molecule has 0 radical (unpaired) electrons. The van der Waals surface area contributed by atoms with Gasteiger partial charge in [-0.05, 0) is 42.8 Å². The average Bonchev–Trinajstić information content (AvgIpc) is 3.56. The number of hydroxylamine groups is 2. The standard InChI is InChI=1S/C29H29FN8O4/c1-18-25(21-13-20(15-31)28(41-3)33-16-21)36-38(22-7-5-4-6-8-22)27(18)35-29(39)34-23-17-37(11-12-40-2)42-26(23)19-9-10-32-24(30)14-19/h4-10,13-14,16,23,26H,11-12,17H2,1-3H3,(H2,34,35,39)/t23-,26+/m1/s1. The van der Waals surface area contributed by atoms with Crippen LogP contribution in [0.4, 0.5) is 15.0 Å². The van der Waals surface area contributed by atoms with Crippen LogP contribution in [0.2, 0.25) is 0 Å². The molecule has 0 saturated carbocycles. The molecule has 1 aromatic carbocycles. The van der Waals surface area contributed by atoms with Gasteiger partial charge in [0.05, 0.1) is 31.1 Å². The summed E-state index contributed by atoms with van der Waals surface area (Å²) in [4.78, 5) is 27.4. The number of hydrogen-bond acceptors (Lipinski definition) is 9. The molecule has 1 fully saturated rings. The maximum absolute atomic E-state index is 13.9. The molecule has 42 heavy (non-hydrogen) atoms. The van der Waals surface area contributed by atoms with Crippen LogP contribution >= 0.6 is 0 Å². The van der Waals surface area contributed by atoms with Crippen LogP contribution in [-0.4, -0.2) is 70.8 Å². The molecule has 1 aliphatic heterocycles. The molecule has 216 valence electrons. The molecule has 2 amide bonds. The van der Waals surface area contributed by atoms with E-state index in [1.54, 1.807) is 35.2 Å². The Bertz CT molecular complexity index is 1610. The highest BCUT2D eigenvalue weighted by atomic mass is 19.1. The van der Waals surface area contributed by atoms with Gasteiger partial charge in [0.25, 0.3) is 0 Å². The number of nitrogens with one attached hydrogen (secondary N) is 2. The number of ether oxygens (including phenoxy) is 2. The number of para-hydroxylation sites is 1. The van der Waals surface area contributed by atoms with Crippen LogP contribution in [0.15, 0.2) is 60.9 Å². The number of carbonyl (C=O) groups excluding carboxylic acids is 1. The molecule has 0 spiro atoms. The fourth-order valence-corrected chi connectivity index (χ4v) is 4.75. The number of benzene rings is 1. The number of carbonyl (C=O) groups is 1. The van der Waals surface area contributed by atoms with Crippen molar-refractivity contribution in [3.8, 4) is 28.9 Å². The normalized spacial score (nSPS) is 16.6. The molecular weight excluding hydrogens is 543 g/mol. The third kappa shape index (κ3) is 6.06. The summed E-state index contributed by atoms with van der Waals surface area (Å²) in [6.45, 7) is 3.05. The number of aromatic nitrogens is 4. The van der Waals surface area contributed by atoms with Crippen molar-refractivity contribution in [1.29, 1.82) is 5.26 Å². The summed E-state index contributed by atoms with van der Waals surface area (Å²) in [5.41, 5.74) is 3.28. The van der Waals surface area contributed by atoms with E-state index in [4.69, 9.17) is 19.4 Å². The number of rotatable bonds is 9. The van der Waals surface area contributed by atoms with Crippen LogP contribution in [0.5, 0.6) is 5.88 Å². The van der Waals surface area contributed by atoms with Crippen LogP contribution in [0.25, 0.3) is 16.9 Å². The average molecular weight is 573 g/mol. The third-order valence-electron chi connectivity index (χ3n) is 6.76. The second kappa shape index (κ2) is 12.7. The van der Waals surface area contributed by atoms with Crippen LogP contribution in [0.1, 0.15) is 22.8 Å². The van der Waals surface area contributed by atoms with Gasteiger partial charge in [-0.1, -0.05) is 18.2 Å². The molecule has 3 aromatic heterocycles. The molecule has 1 saturated heterocycles. The van der Waals surface area contributed by atoms with Crippen LogP contribution in [0.3, 0.4) is 0 Å². The summed E-state index contributed by atoms with van der Waals surface area (Å²) in [7, 11) is 3.03. The first-order valence-electron chi connectivity index (χ1n) is 13.1. The Labute approximate surface area is 241 Å². The van der Waals surface area contributed by atoms with E-state index >= 15 is 0 Å². The number of anilines is 1. The van der Waals surface area contributed by atoms with Gasteiger partial charge in [0, 0.05) is 43.7 Å². The minimum absolute atomic E-state index is 0.209. The summed E-state index contributed by atoms with van der Waals surface area (Å²) < 4.78 is 25.9. The molecule has 5 rings (SSSR count). The third-order valence-corrected chi connectivity index (χ3v) is 6.76. The summed E-state index contributed by atoms with van der Waals surface area (Å²) in [6.07, 6.45) is 2.28. The van der Waals surface area contributed by atoms with E-state index < -0.39 is 24.1 Å². The van der Waals surface area contributed by atoms with E-state index in [0.29, 0.717) is 53.6 Å². The molecule has 12 nitrogen and oxygen atoms in total. The summed E-state index contributed by atoms with van der Waals surface area (Å²) in [5, 5.41) is 21.9. The lowest BCUT2D eigenvalue weighted by Gasteiger charge is -2.19. The Balaban J connectivity index is 1.45. The zero-order valence-electron chi connectivity index (χ0n) is 23.2. The Morgan fingerprint density at radius 3 is 2.74 bits per heavy atom. The number of nitrogens with zero attached hydrogens (tertiary/aromatic N) is 6. The van der Waals surface area contributed by atoms with Crippen molar-refractivity contribution in [2.24, 2.45) is 0 Å². The molecule has 2 atom stereocenters. The van der Waals surface area contributed by atoms with E-state index in [1.165, 1.54) is 19.4 Å². The van der Waals surface area contributed by atoms with E-state index in [0.717, 1.165) is 0 Å². The first kappa shape index (κ1) is 28.6. The number of nitriles is 1. The lowest BCUT2D eigenvalue weighted by atomic mass is 10.0. The smallest absolute Gasteiger partial charge is 0.320 e. The fourth-order valence-electron chi connectivity index (χ4n) is 4.75. The van der Waals surface area contributed by atoms with Crippen LogP contribution in [0, 0.1) is 24.2 Å². The Morgan fingerprint density at radius 1 is 1.21 bits per heavy atom. The van der Waals surface area contributed by atoms with Crippen LogP contribution < -0.4 is 15.4 Å². The topological polar surface area (TPSA) is 139 Å². The molecule has 0 bridgehead atoms. The molecule has 0 aliphatic carbocycles. The minimum atomic E-state index is -0.643. The Hall–Kier alpha value is -4.90. The number of urea groups is 1. The lowest BCUT2D eigenvalue weighted by Crippen LogP contribution is -2.42. The highest BCUT2D eigenvalue weighted by Crippen LogP contribution is 2.33. The van der Waals surface area contributed by atoms with Crippen molar-refractivity contribution >= 4 is 11.8 Å². The Kier molecular flexibility index (Phi) is 8.68. The van der Waals surface area contributed by atoms with Crippen LogP contribution in [-0.2, 0) is 9.57 Å². The van der Waals surface area contributed by atoms with Gasteiger partial charge < -0.3 is 14.8 Å². The van der Waals surface area contributed by atoms with E-state index in [-0.39, 0.29) is 11.4 Å². The number of methoxy groups -OCH3 is 2. The monoisotopic (exact) mass is 572 g/mol. The fraction of sp³-hybridized carbons (Fsp3) is 0.276. The van der Waals surface area contributed by atoms with Crippen molar-refractivity contribution in [2.45, 2.75) is 19.1 Å². The molecule has 1 aliphatic rings. The van der Waals surface area contributed by atoms with Crippen molar-refractivity contribution in [2.75, 3.05) is 39.2 Å². The lowest BCUT2D eigenvalue weighted by molar-refractivity contribution is -0.154. The highest BCUT2D eigenvalue weighted by molar-refractivity contribution is 5.91. The summed E-state index contributed by atoms with van der Waals surface area (Å²) in [6, 6.07) is 15.0. The first-order valence-corrected chi connectivity index (χ1v) is 13.1. The first-order chi connectivity index (χ1) is 20.4. The number of halogens is 1. The number of amides is 2. The quantitative estimate of drug-likeness (QED) is 0.287. The Morgan fingerprint density at radius 2 is 2.02 bits per heavy atom. The summed E-state index contributed by atoms with van der Waals surface area (Å²) in [5.74, 6) is -0.0112. The minimum Gasteiger partial charge on any atom is -0.480 e. The predicted octanol–water partition coefficient (Wildman–Crippen LogP) is 3.78. The SMILES string of the molecule is COCCN1C[C@@H](NC(=O)Nc2c(C)c(-c3cnc(OC)c(C#N)c3)nn2-c2ccccc2)[C@H](c2ccnc(F)c2)O1. The highest BCUT2D eigenvalue weighted by Gasteiger charge is 2.37. The van der Waals surface area contributed by atoms with Gasteiger partial charge in [0.15, 0.2) is 0 Å². The van der Waals surface area contributed by atoms with Crippen molar-refractivity contribution < 1.29 is 23.5 Å². The second-order valence-corrected chi connectivity index (χ2v) is 9.49. The van der Waals surface area contributed by atoms with Gasteiger partial charge >= 0.3 is 6.03 Å². The van der Waals surface area contributed by atoms with Gasteiger partial charge in [-0.2, -0.15) is 19.8 Å². The number of pyridine rings is 2. The maximum atomic E-state index is 13.9. The zero-order valence-corrected chi connectivity index (χ0v) is 23.2. The van der Waals surface area contributed by atoms with Gasteiger partial charge in [0.2, 0.25) is 11.8 Å². The van der Waals surface area contributed by atoms with Gasteiger partial charge in [-0.15, -0.1) is 0 Å². The molecule has 4 heterocycles. The maximum Gasteiger partial charge on any atom is 0.320 e. The molecule has 13 heteroatoms. The van der Waals surface area contributed by atoms with E-state index in [9.17, 15) is 14.4 Å². The molecule has 0 unspecified atom stereocenters. The van der Waals surface area contributed by atoms with E-state index in [1.807, 2.05) is 37.3 Å². The molecule has 4 aromatic rings. The zero-order chi connectivity index (χ0) is 29.6. The molecular formula is C29H29FN8O4. The van der Waals surface area contributed by atoms with Crippen molar-refractivity contribution in [3.05, 3.63) is 83.6 Å². The van der Waals surface area contributed by atoms with Gasteiger partial charge in [0.1, 0.15) is 23.6 Å². The number of hydrogen-bond donors (Lipinski definition) is 2. The van der Waals surface area contributed by atoms with Gasteiger partial charge in [-0.3, -0.25) is 10.2 Å². The van der Waals surface area contributed by atoms with Gasteiger partial charge in [-0.25, -0.2) is 19.4 Å². The largest absolute Gasteiger partial charge is 0.480 e. The van der Waals surface area contributed by atoms with Crippen molar-refractivity contribution in [1.82, 2.24) is 30.1 Å². The predicted molar refractivity (Wildman–Crippen MR) is 150 cm³/mol. The van der Waals surface area contributed by atoms with E-state index in [2.05, 4.69) is 26.7 Å². The second-order valence-electron chi connectivity index (χ2n) is 9.49. The van der Waals surface area contributed by atoms with Crippen molar-refractivity contribution in [3.63, 3.8) is 0 Å². The molecule has 2 N–H and O–H groups in total.